The molecule has 0 aliphatic carbocycles. The fourth-order valence-corrected chi connectivity index (χ4v) is 4.25. The van der Waals surface area contributed by atoms with Crippen molar-refractivity contribution in [3.05, 3.63) is 71.1 Å². The van der Waals surface area contributed by atoms with Crippen LogP contribution < -0.4 is 4.90 Å². The molecule has 8 heteroatoms. The number of hydrogen-bond donors (Lipinski definition) is 0. The molecule has 0 fully saturated rings. The highest BCUT2D eigenvalue weighted by Gasteiger charge is 2.20. The molecule has 6 nitrogen and oxygen atoms in total. The Hall–Kier alpha value is -3.10. The summed E-state index contributed by atoms with van der Waals surface area (Å²) in [5.41, 5.74) is 2.79. The van der Waals surface area contributed by atoms with Crippen molar-refractivity contribution in [3.63, 3.8) is 0 Å². The molecule has 4 aromatic rings. The summed E-state index contributed by atoms with van der Waals surface area (Å²) in [7, 11) is 0. The highest BCUT2D eigenvalue weighted by molar-refractivity contribution is 7.14. The Balaban J connectivity index is 1.44. The minimum atomic E-state index is -0.0610. The van der Waals surface area contributed by atoms with Gasteiger partial charge in [-0.15, -0.1) is 17.9 Å². The molecule has 3 aromatic heterocycles. The van der Waals surface area contributed by atoms with E-state index in [1.165, 1.54) is 11.3 Å². The predicted molar refractivity (Wildman–Crippen MR) is 116 cm³/mol. The minimum absolute atomic E-state index is 0.0610. The summed E-state index contributed by atoms with van der Waals surface area (Å²) >= 11 is 3.01. The van der Waals surface area contributed by atoms with Crippen LogP contribution >= 0.6 is 22.7 Å². The molecule has 0 spiro atoms. The summed E-state index contributed by atoms with van der Waals surface area (Å²) < 4.78 is 5.29. The number of benzene rings is 1. The lowest BCUT2D eigenvalue weighted by Crippen LogP contribution is -2.31. The van der Waals surface area contributed by atoms with E-state index in [2.05, 4.69) is 21.7 Å². The first-order valence-corrected chi connectivity index (χ1v) is 10.8. The molecule has 1 amide bonds. The first-order chi connectivity index (χ1) is 14.2. The zero-order valence-corrected chi connectivity index (χ0v) is 17.2. The van der Waals surface area contributed by atoms with Gasteiger partial charge in [-0.05, 0) is 11.4 Å². The highest BCUT2D eigenvalue weighted by atomic mass is 32.1. The lowest BCUT2D eigenvalue weighted by molar-refractivity contribution is -0.118. The molecule has 29 heavy (non-hydrogen) atoms. The Kier molecular flexibility index (Phi) is 5.92. The predicted octanol–water partition coefficient (Wildman–Crippen LogP) is 5.07. The van der Waals surface area contributed by atoms with Gasteiger partial charge in [-0.1, -0.05) is 41.6 Å². The molecule has 0 radical (unpaired) electrons. The maximum atomic E-state index is 12.8. The minimum Gasteiger partial charge on any atom is -0.339 e. The van der Waals surface area contributed by atoms with E-state index in [-0.39, 0.29) is 12.3 Å². The lowest BCUT2D eigenvalue weighted by atomic mass is 10.2. The number of nitrogens with zero attached hydrogens (tertiary/aromatic N) is 4. The van der Waals surface area contributed by atoms with Crippen LogP contribution in [0.3, 0.4) is 0 Å². The second-order valence-electron chi connectivity index (χ2n) is 6.20. The van der Waals surface area contributed by atoms with Gasteiger partial charge in [-0.3, -0.25) is 9.69 Å². The van der Waals surface area contributed by atoms with Crippen LogP contribution in [0.15, 0.2) is 69.7 Å². The van der Waals surface area contributed by atoms with Crippen molar-refractivity contribution in [2.75, 3.05) is 11.4 Å². The second-order valence-corrected chi connectivity index (χ2v) is 7.81. The Bertz CT molecular complexity index is 1090. The normalized spacial score (nSPS) is 10.8. The van der Waals surface area contributed by atoms with Crippen LogP contribution in [-0.2, 0) is 11.2 Å². The molecular weight excluding hydrogens is 404 g/mol. The SMILES string of the molecule is C=CCN(C(=O)CCc1nc(-c2ccsc2)no1)c1nc(-c2ccccc2)cs1. The topological polar surface area (TPSA) is 72.1 Å². The van der Waals surface area contributed by atoms with E-state index >= 15 is 0 Å². The Morgan fingerprint density at radius 3 is 2.76 bits per heavy atom. The molecule has 0 saturated carbocycles. The number of thiazole rings is 1. The largest absolute Gasteiger partial charge is 0.339 e. The number of carbonyl (C=O) groups excluding carboxylic acids is 1. The van der Waals surface area contributed by atoms with Crippen molar-refractivity contribution in [3.8, 4) is 22.6 Å². The van der Waals surface area contributed by atoms with Gasteiger partial charge in [0.1, 0.15) is 0 Å². The molecular formula is C21H18N4O2S2. The number of thiophene rings is 1. The number of aryl methyl sites for hydroxylation is 1. The monoisotopic (exact) mass is 422 g/mol. The Labute approximate surface area is 176 Å². The summed E-state index contributed by atoms with van der Waals surface area (Å²) in [5.74, 6) is 0.931. The van der Waals surface area contributed by atoms with Gasteiger partial charge >= 0.3 is 0 Å². The Morgan fingerprint density at radius 1 is 1.14 bits per heavy atom. The van der Waals surface area contributed by atoms with Gasteiger partial charge in [0, 0.05) is 41.3 Å². The molecule has 0 aliphatic rings. The molecule has 0 bridgehead atoms. The standard InChI is InChI=1S/C21H18N4O2S2/c1-2-11-25(21-22-17(14-29-21)15-6-4-3-5-7-15)19(26)9-8-18-23-20(24-27-18)16-10-12-28-13-16/h2-7,10,12-14H,1,8-9,11H2. The zero-order valence-electron chi connectivity index (χ0n) is 15.5. The number of carbonyl (C=O) groups is 1. The van der Waals surface area contributed by atoms with E-state index in [0.29, 0.717) is 29.8 Å². The van der Waals surface area contributed by atoms with Crippen LogP contribution in [0.4, 0.5) is 5.13 Å². The average molecular weight is 423 g/mol. The number of anilines is 1. The van der Waals surface area contributed by atoms with Crippen molar-refractivity contribution in [1.82, 2.24) is 15.1 Å². The van der Waals surface area contributed by atoms with Crippen molar-refractivity contribution >= 4 is 33.7 Å². The first kappa shape index (κ1) is 19.2. The van der Waals surface area contributed by atoms with Crippen LogP contribution in [0, 0.1) is 0 Å². The van der Waals surface area contributed by atoms with Crippen molar-refractivity contribution in [2.24, 2.45) is 0 Å². The Morgan fingerprint density at radius 2 is 2.00 bits per heavy atom. The molecule has 0 aliphatic heterocycles. The van der Waals surface area contributed by atoms with Crippen molar-refractivity contribution in [2.45, 2.75) is 12.8 Å². The second kappa shape index (κ2) is 8.93. The van der Waals surface area contributed by atoms with E-state index in [1.807, 2.05) is 52.5 Å². The number of amides is 1. The molecule has 0 atom stereocenters. The van der Waals surface area contributed by atoms with Gasteiger partial charge in [0.2, 0.25) is 17.6 Å². The van der Waals surface area contributed by atoms with Crippen LogP contribution in [0.5, 0.6) is 0 Å². The third kappa shape index (κ3) is 4.49. The fourth-order valence-electron chi connectivity index (χ4n) is 2.76. The van der Waals surface area contributed by atoms with Gasteiger partial charge in [0.15, 0.2) is 5.13 Å². The van der Waals surface area contributed by atoms with E-state index in [9.17, 15) is 4.79 Å². The van der Waals surface area contributed by atoms with E-state index in [4.69, 9.17) is 4.52 Å². The summed E-state index contributed by atoms with van der Waals surface area (Å²) in [6.07, 6.45) is 2.32. The van der Waals surface area contributed by atoms with Crippen LogP contribution in [0.2, 0.25) is 0 Å². The molecule has 0 saturated heterocycles. The molecule has 3 heterocycles. The molecule has 146 valence electrons. The maximum absolute atomic E-state index is 12.8. The summed E-state index contributed by atoms with van der Waals surface area (Å²) in [6.45, 7) is 4.16. The zero-order chi connectivity index (χ0) is 20.1. The van der Waals surface area contributed by atoms with Gasteiger partial charge in [0.25, 0.3) is 0 Å². The smallest absolute Gasteiger partial charge is 0.229 e. The van der Waals surface area contributed by atoms with E-state index in [1.54, 1.807) is 22.3 Å². The van der Waals surface area contributed by atoms with Gasteiger partial charge in [-0.2, -0.15) is 16.3 Å². The van der Waals surface area contributed by atoms with E-state index in [0.717, 1.165) is 16.8 Å². The molecule has 4 rings (SSSR count). The van der Waals surface area contributed by atoms with Crippen molar-refractivity contribution in [1.29, 1.82) is 0 Å². The van der Waals surface area contributed by atoms with Gasteiger partial charge < -0.3 is 4.52 Å². The quantitative estimate of drug-likeness (QED) is 0.371. The summed E-state index contributed by atoms with van der Waals surface area (Å²) in [6, 6.07) is 11.8. The highest BCUT2D eigenvalue weighted by Crippen LogP contribution is 2.28. The first-order valence-electron chi connectivity index (χ1n) is 9.02. The fraction of sp³-hybridized carbons (Fsp3) is 0.143. The number of aromatic nitrogens is 3. The number of hydrogen-bond acceptors (Lipinski definition) is 7. The van der Waals surface area contributed by atoms with Crippen molar-refractivity contribution < 1.29 is 9.32 Å². The van der Waals surface area contributed by atoms with Gasteiger partial charge in [-0.25, -0.2) is 4.98 Å². The maximum Gasteiger partial charge on any atom is 0.229 e. The average Bonchev–Trinajstić information content (AvgIpc) is 3.52. The van der Waals surface area contributed by atoms with Crippen LogP contribution in [-0.4, -0.2) is 27.6 Å². The molecule has 0 unspecified atom stereocenters. The third-order valence-corrected chi connectivity index (χ3v) is 5.75. The number of rotatable bonds is 8. The van der Waals surface area contributed by atoms with Gasteiger partial charge in [0.05, 0.1) is 5.69 Å². The van der Waals surface area contributed by atoms with E-state index < -0.39 is 0 Å². The van der Waals surface area contributed by atoms with Crippen LogP contribution in [0.1, 0.15) is 12.3 Å². The summed E-state index contributed by atoms with van der Waals surface area (Å²) in [5, 5.41) is 10.5. The lowest BCUT2D eigenvalue weighted by Gasteiger charge is -2.17. The molecule has 0 N–H and O–H groups in total. The third-order valence-electron chi connectivity index (χ3n) is 4.21. The summed E-state index contributed by atoms with van der Waals surface area (Å²) in [4.78, 5) is 23.5. The van der Waals surface area contributed by atoms with Crippen LogP contribution in [0.25, 0.3) is 22.6 Å². The molecule has 1 aromatic carbocycles.